The fourth-order valence-corrected chi connectivity index (χ4v) is 2.96. The fraction of sp³-hybridized carbons (Fsp3) is 0.235. The van der Waals surface area contributed by atoms with Crippen molar-refractivity contribution in [3.05, 3.63) is 60.4 Å². The third-order valence-electron chi connectivity index (χ3n) is 4.10. The number of aryl methyl sites for hydroxylation is 4. The van der Waals surface area contributed by atoms with Crippen LogP contribution in [0.2, 0.25) is 0 Å². The Hall–Kier alpha value is -2.89. The van der Waals surface area contributed by atoms with Gasteiger partial charge in [0, 0.05) is 38.4 Å². The predicted molar refractivity (Wildman–Crippen MR) is 88.1 cm³/mol. The highest BCUT2D eigenvalue weighted by atomic mass is 15.2. The number of nitrogens with zero attached hydrogens (tertiary/aromatic N) is 6. The van der Waals surface area contributed by atoms with E-state index in [9.17, 15) is 0 Å². The van der Waals surface area contributed by atoms with Crippen molar-refractivity contribution in [2.75, 3.05) is 0 Å². The van der Waals surface area contributed by atoms with Crippen molar-refractivity contribution in [1.29, 1.82) is 0 Å². The van der Waals surface area contributed by atoms with Gasteiger partial charge in [0.1, 0.15) is 5.82 Å². The van der Waals surface area contributed by atoms with E-state index in [2.05, 4.69) is 38.9 Å². The Morgan fingerprint density at radius 1 is 1.13 bits per heavy atom. The number of fused-ring (bicyclic) bond motifs is 1. The number of pyridine rings is 1. The molecule has 0 amide bonds. The molecule has 6 heteroatoms. The molecule has 4 aromatic rings. The quantitative estimate of drug-likeness (QED) is 0.582. The molecule has 0 unspecified atom stereocenters. The molecule has 0 radical (unpaired) electrons. The van der Waals surface area contributed by atoms with E-state index < -0.39 is 0 Å². The Morgan fingerprint density at radius 3 is 2.87 bits per heavy atom. The summed E-state index contributed by atoms with van der Waals surface area (Å²) in [4.78, 5) is 4.56. The molecule has 0 N–H and O–H groups in total. The van der Waals surface area contributed by atoms with E-state index in [4.69, 9.17) is 0 Å². The van der Waals surface area contributed by atoms with Crippen molar-refractivity contribution in [1.82, 2.24) is 28.9 Å². The second-order valence-electron chi connectivity index (χ2n) is 5.76. The van der Waals surface area contributed by atoms with Crippen molar-refractivity contribution in [2.45, 2.75) is 19.9 Å². The van der Waals surface area contributed by atoms with E-state index in [1.165, 1.54) is 11.1 Å². The smallest absolute Gasteiger partial charge is 0.143 e. The van der Waals surface area contributed by atoms with Gasteiger partial charge in [0.05, 0.1) is 23.5 Å². The summed E-state index contributed by atoms with van der Waals surface area (Å²) in [5.41, 5.74) is 4.60. The van der Waals surface area contributed by atoms with E-state index in [1.54, 1.807) is 0 Å². The molecule has 4 rings (SSSR count). The molecule has 23 heavy (non-hydrogen) atoms. The third kappa shape index (κ3) is 2.42. The summed E-state index contributed by atoms with van der Waals surface area (Å²) in [6, 6.07) is 4.11. The largest absolute Gasteiger partial charge is 0.331 e. The predicted octanol–water partition coefficient (Wildman–Crippen LogP) is 2.48. The lowest BCUT2D eigenvalue weighted by molar-refractivity contribution is 0.702. The molecule has 0 aliphatic carbocycles. The van der Waals surface area contributed by atoms with E-state index in [0.717, 1.165) is 29.9 Å². The molecule has 0 spiro atoms. The Kier molecular flexibility index (Phi) is 3.22. The monoisotopic (exact) mass is 306 g/mol. The van der Waals surface area contributed by atoms with Crippen LogP contribution in [0.25, 0.3) is 16.9 Å². The maximum Gasteiger partial charge on any atom is 0.143 e. The normalized spacial score (nSPS) is 11.4. The maximum absolute atomic E-state index is 4.56. The molecular weight excluding hydrogens is 288 g/mol. The average Bonchev–Trinajstić information content (AvgIpc) is 3.24. The maximum atomic E-state index is 4.56. The molecule has 0 aliphatic rings. The van der Waals surface area contributed by atoms with Gasteiger partial charge in [0.2, 0.25) is 0 Å². The summed E-state index contributed by atoms with van der Waals surface area (Å²) in [6.45, 7) is 2.97. The van der Waals surface area contributed by atoms with Crippen molar-refractivity contribution < 1.29 is 0 Å². The molecule has 4 aromatic heterocycles. The van der Waals surface area contributed by atoms with Gasteiger partial charge in [-0.25, -0.2) is 9.50 Å². The van der Waals surface area contributed by atoms with Crippen LogP contribution in [0.3, 0.4) is 0 Å². The van der Waals surface area contributed by atoms with Gasteiger partial charge in [-0.2, -0.15) is 10.2 Å². The second-order valence-corrected chi connectivity index (χ2v) is 5.76. The highest BCUT2D eigenvalue weighted by Gasteiger charge is 2.13. The topological polar surface area (TPSA) is 52.9 Å². The van der Waals surface area contributed by atoms with Gasteiger partial charge >= 0.3 is 0 Å². The van der Waals surface area contributed by atoms with Crippen molar-refractivity contribution in [3.63, 3.8) is 0 Å². The van der Waals surface area contributed by atoms with Gasteiger partial charge in [-0.15, -0.1) is 0 Å². The number of imidazole rings is 1. The van der Waals surface area contributed by atoms with Gasteiger partial charge in [-0.1, -0.05) is 6.07 Å². The first-order valence-electron chi connectivity index (χ1n) is 7.64. The van der Waals surface area contributed by atoms with E-state index in [-0.39, 0.29) is 0 Å². The van der Waals surface area contributed by atoms with Gasteiger partial charge in [0.25, 0.3) is 0 Å². The van der Waals surface area contributed by atoms with Crippen LogP contribution >= 0.6 is 0 Å². The molecular formula is C17H18N6. The minimum Gasteiger partial charge on any atom is -0.331 e. The summed E-state index contributed by atoms with van der Waals surface area (Å²) in [5.74, 6) is 0.957. The van der Waals surface area contributed by atoms with Crippen LogP contribution in [0.1, 0.15) is 11.1 Å². The Morgan fingerprint density at radius 2 is 2.04 bits per heavy atom. The molecule has 0 saturated heterocycles. The van der Waals surface area contributed by atoms with Gasteiger partial charge in [-0.3, -0.25) is 4.68 Å². The van der Waals surface area contributed by atoms with Gasteiger partial charge in [0.15, 0.2) is 0 Å². The van der Waals surface area contributed by atoms with E-state index >= 15 is 0 Å². The number of aromatic nitrogens is 6. The van der Waals surface area contributed by atoms with Crippen LogP contribution < -0.4 is 0 Å². The highest BCUT2D eigenvalue weighted by Crippen LogP contribution is 2.25. The minimum absolute atomic E-state index is 0.865. The van der Waals surface area contributed by atoms with Gasteiger partial charge < -0.3 is 4.57 Å². The second kappa shape index (κ2) is 5.39. The summed E-state index contributed by atoms with van der Waals surface area (Å²) in [5, 5.41) is 8.67. The van der Waals surface area contributed by atoms with Crippen LogP contribution in [0, 0.1) is 6.92 Å². The van der Waals surface area contributed by atoms with Crippen LogP contribution in [-0.2, 0) is 20.0 Å². The highest BCUT2D eigenvalue weighted by molar-refractivity contribution is 5.78. The fourth-order valence-electron chi connectivity index (χ4n) is 2.96. The lowest BCUT2D eigenvalue weighted by Crippen LogP contribution is -2.02. The summed E-state index contributed by atoms with van der Waals surface area (Å²) >= 11 is 0. The lowest BCUT2D eigenvalue weighted by Gasteiger charge is -2.07. The van der Waals surface area contributed by atoms with Crippen molar-refractivity contribution in [3.8, 4) is 11.4 Å². The summed E-state index contributed by atoms with van der Waals surface area (Å²) < 4.78 is 5.92. The molecule has 116 valence electrons. The molecule has 0 bridgehead atoms. The van der Waals surface area contributed by atoms with Crippen LogP contribution in [0.5, 0.6) is 0 Å². The molecule has 0 aromatic carbocycles. The summed E-state index contributed by atoms with van der Waals surface area (Å²) in [7, 11) is 1.94. The molecule has 0 fully saturated rings. The first-order chi connectivity index (χ1) is 11.2. The molecule has 4 heterocycles. The average molecular weight is 306 g/mol. The van der Waals surface area contributed by atoms with Crippen molar-refractivity contribution in [2.24, 2.45) is 7.05 Å². The van der Waals surface area contributed by atoms with Crippen molar-refractivity contribution >= 4 is 5.52 Å². The Bertz CT molecular complexity index is 958. The molecule has 0 saturated carbocycles. The van der Waals surface area contributed by atoms with Crippen LogP contribution in [0.4, 0.5) is 0 Å². The first kappa shape index (κ1) is 13.8. The first-order valence-corrected chi connectivity index (χ1v) is 7.64. The lowest BCUT2D eigenvalue weighted by atomic mass is 10.1. The zero-order valence-electron chi connectivity index (χ0n) is 13.2. The Balaban J connectivity index is 1.68. The molecule has 6 nitrogen and oxygen atoms in total. The Labute approximate surface area is 134 Å². The third-order valence-corrected chi connectivity index (χ3v) is 4.10. The number of rotatable bonds is 4. The molecule has 0 aliphatic heterocycles. The number of hydrogen-bond acceptors (Lipinski definition) is 3. The van der Waals surface area contributed by atoms with Crippen LogP contribution in [-0.4, -0.2) is 28.9 Å². The standard InChI is InChI=1S/C17H18N6/c1-13-4-3-7-23-16(13)15(11-20-23)17-18-6-9-22(17)8-5-14-10-19-21(2)12-14/h3-4,6-7,9-12H,5,8H2,1-2H3. The number of hydrogen-bond donors (Lipinski definition) is 0. The van der Waals surface area contributed by atoms with E-state index in [0.29, 0.717) is 0 Å². The van der Waals surface area contributed by atoms with Crippen LogP contribution in [0.15, 0.2) is 49.3 Å². The zero-order valence-corrected chi connectivity index (χ0v) is 13.2. The zero-order chi connectivity index (χ0) is 15.8. The van der Waals surface area contributed by atoms with Gasteiger partial charge in [-0.05, 0) is 30.5 Å². The summed E-state index contributed by atoms with van der Waals surface area (Å²) in [6.07, 6.45) is 12.6. The molecule has 0 atom stereocenters. The SMILES string of the molecule is Cc1cccn2ncc(-c3nccn3CCc3cnn(C)c3)c12. The van der Waals surface area contributed by atoms with E-state index in [1.807, 2.05) is 53.3 Å². The minimum atomic E-state index is 0.865.